The Hall–Kier alpha value is -0.530. The minimum Gasteiger partial charge on any atom is -0.466 e. The highest BCUT2D eigenvalue weighted by molar-refractivity contribution is 8.70. The Kier molecular flexibility index (Phi) is 9.12. The van der Waals surface area contributed by atoms with Crippen LogP contribution in [0.2, 0.25) is 0 Å². The lowest BCUT2D eigenvalue weighted by Gasteiger charge is -2.10. The number of rotatable bonds is 6. The van der Waals surface area contributed by atoms with Gasteiger partial charge in [-0.15, -0.1) is 23.4 Å². The predicted molar refractivity (Wildman–Crippen MR) is 84.1 cm³/mol. The summed E-state index contributed by atoms with van der Waals surface area (Å²) in [6, 6.07) is 0. The number of carbonyl (C=O) groups is 2. The normalized spacial score (nSPS) is 13.4. The van der Waals surface area contributed by atoms with Crippen LogP contribution in [0.5, 0.6) is 0 Å². The molecule has 0 fully saturated rings. The molecule has 0 spiro atoms. The topological polar surface area (TPSA) is 52.6 Å². The number of thioether (sulfide) groups is 1. The molecule has 19 heavy (non-hydrogen) atoms. The summed E-state index contributed by atoms with van der Waals surface area (Å²) in [5.74, 6) is -0.323. The summed E-state index contributed by atoms with van der Waals surface area (Å²) in [7, 11) is 3.88. The molecule has 0 bridgehead atoms. The maximum Gasteiger partial charge on any atom is 0.335 e. The van der Waals surface area contributed by atoms with E-state index >= 15 is 0 Å². The van der Waals surface area contributed by atoms with E-state index < -0.39 is 0 Å². The quantitative estimate of drug-likeness (QED) is 0.351. The van der Waals surface area contributed by atoms with Crippen molar-refractivity contribution < 1.29 is 19.1 Å². The van der Waals surface area contributed by atoms with Crippen LogP contribution in [0.1, 0.15) is 20.8 Å². The molecule has 0 aliphatic carbocycles. The van der Waals surface area contributed by atoms with E-state index in [2.05, 4.69) is 16.4 Å². The van der Waals surface area contributed by atoms with Crippen molar-refractivity contribution in [3.05, 3.63) is 21.0 Å². The molecule has 0 unspecified atom stereocenters. The van der Waals surface area contributed by atoms with Crippen molar-refractivity contribution >= 4 is 46.2 Å². The fourth-order valence-electron chi connectivity index (χ4n) is 1.07. The molecule has 0 heterocycles. The molecule has 0 rings (SSSR count). The van der Waals surface area contributed by atoms with Gasteiger partial charge in [-0.2, -0.15) is 0 Å². The number of thiol groups is 1. The van der Waals surface area contributed by atoms with E-state index in [-0.39, 0.29) is 11.9 Å². The van der Waals surface area contributed by atoms with Crippen molar-refractivity contribution in [2.45, 2.75) is 20.8 Å². The van der Waals surface area contributed by atoms with Gasteiger partial charge in [0.05, 0.1) is 19.8 Å². The van der Waals surface area contributed by atoms with Crippen molar-refractivity contribution in [2.75, 3.05) is 20.0 Å². The van der Waals surface area contributed by atoms with Gasteiger partial charge in [0.25, 0.3) is 0 Å². The summed E-state index contributed by atoms with van der Waals surface area (Å²) < 4.78 is 9.38. The van der Waals surface area contributed by atoms with Gasteiger partial charge in [-0.1, -0.05) is 10.8 Å². The van der Waals surface area contributed by atoms with E-state index in [1.807, 2.05) is 6.92 Å². The summed E-state index contributed by atoms with van der Waals surface area (Å²) in [5, 5.41) is 0. The fraction of sp³-hybridized carbons (Fsp3) is 0.500. The lowest BCUT2D eigenvalue weighted by Crippen LogP contribution is -2.09. The Balaban J connectivity index is 4.94. The van der Waals surface area contributed by atoms with Crippen molar-refractivity contribution in [1.82, 2.24) is 0 Å². The molecule has 4 nitrogen and oxygen atoms in total. The van der Waals surface area contributed by atoms with E-state index in [0.29, 0.717) is 16.9 Å². The van der Waals surface area contributed by atoms with Crippen molar-refractivity contribution in [3.8, 4) is 0 Å². The lowest BCUT2D eigenvalue weighted by molar-refractivity contribution is -0.136. The monoisotopic (exact) mass is 322 g/mol. The van der Waals surface area contributed by atoms with Crippen LogP contribution in [0.25, 0.3) is 0 Å². The van der Waals surface area contributed by atoms with E-state index in [1.165, 1.54) is 36.8 Å². The Morgan fingerprint density at radius 1 is 1.00 bits per heavy atom. The second kappa shape index (κ2) is 9.39. The predicted octanol–water partition coefficient (Wildman–Crippen LogP) is 3.21. The van der Waals surface area contributed by atoms with Gasteiger partial charge >= 0.3 is 11.9 Å². The fourth-order valence-corrected chi connectivity index (χ4v) is 2.75. The van der Waals surface area contributed by atoms with Gasteiger partial charge in [0.2, 0.25) is 0 Å². The van der Waals surface area contributed by atoms with E-state index in [0.717, 1.165) is 9.81 Å². The molecule has 0 N–H and O–H groups in total. The standard InChI is InChI=1S/C12H18O4S3/c1-7(11(13)15-4)8(2)18-6-10(9(3)19-17)12(14)16-5/h17H,6H2,1-5H3/b8-7-,10-9-. The maximum atomic E-state index is 11.6. The average molecular weight is 322 g/mol. The molecule has 0 saturated carbocycles. The number of ether oxygens (including phenoxy) is 2. The van der Waals surface area contributed by atoms with Crippen LogP contribution in [-0.4, -0.2) is 31.9 Å². The first-order valence-electron chi connectivity index (χ1n) is 5.37. The summed E-state index contributed by atoms with van der Waals surface area (Å²) in [6.07, 6.45) is 0. The lowest BCUT2D eigenvalue weighted by atomic mass is 10.3. The van der Waals surface area contributed by atoms with Gasteiger partial charge in [0, 0.05) is 16.2 Å². The van der Waals surface area contributed by atoms with Crippen LogP contribution in [0.4, 0.5) is 0 Å². The number of allylic oxidation sites excluding steroid dienone is 2. The molecular formula is C12H18O4S3. The van der Waals surface area contributed by atoms with Gasteiger partial charge < -0.3 is 9.47 Å². The van der Waals surface area contributed by atoms with E-state index in [1.54, 1.807) is 13.8 Å². The molecule has 0 saturated heterocycles. The molecule has 0 aromatic heterocycles. The molecule has 0 aliphatic heterocycles. The zero-order chi connectivity index (χ0) is 15.0. The molecule has 0 aliphatic rings. The summed E-state index contributed by atoms with van der Waals surface area (Å²) in [6.45, 7) is 5.31. The first-order chi connectivity index (χ1) is 8.88. The third-order valence-corrected chi connectivity index (χ3v) is 4.96. The molecule has 0 radical (unpaired) electrons. The van der Waals surface area contributed by atoms with Crippen LogP contribution >= 0.6 is 34.2 Å². The molecule has 0 atom stereocenters. The van der Waals surface area contributed by atoms with E-state index in [9.17, 15) is 9.59 Å². The van der Waals surface area contributed by atoms with Crippen LogP contribution in [0, 0.1) is 0 Å². The molecule has 108 valence electrons. The molecular weight excluding hydrogens is 304 g/mol. The third kappa shape index (κ3) is 5.97. The number of hydrogen-bond acceptors (Lipinski definition) is 7. The highest BCUT2D eigenvalue weighted by Crippen LogP contribution is 2.29. The van der Waals surface area contributed by atoms with Gasteiger partial charge in [-0.25, -0.2) is 9.59 Å². The molecule has 0 amide bonds. The molecule has 0 aromatic rings. The highest BCUT2D eigenvalue weighted by Gasteiger charge is 2.15. The third-order valence-electron chi connectivity index (χ3n) is 2.45. The first-order valence-corrected chi connectivity index (χ1v) is 8.22. The molecule has 7 heteroatoms. The Morgan fingerprint density at radius 3 is 1.95 bits per heavy atom. The highest BCUT2D eigenvalue weighted by atomic mass is 33.1. The summed E-state index contributed by atoms with van der Waals surface area (Å²) >= 11 is 5.47. The van der Waals surface area contributed by atoms with Gasteiger partial charge in [-0.3, -0.25) is 0 Å². The Bertz CT molecular complexity index is 413. The minimum absolute atomic E-state index is 0.367. The van der Waals surface area contributed by atoms with Crippen LogP contribution in [0.15, 0.2) is 21.0 Å². The second-order valence-corrected chi connectivity index (χ2v) is 6.11. The van der Waals surface area contributed by atoms with Gasteiger partial charge in [-0.05, 0) is 25.7 Å². The SMILES string of the molecule is COC(=O)/C(C)=C(/C)SC/C(C(=O)OC)=C(\C)SS. The van der Waals surface area contributed by atoms with Crippen LogP contribution < -0.4 is 0 Å². The summed E-state index contributed by atoms with van der Waals surface area (Å²) in [4.78, 5) is 24.6. The van der Waals surface area contributed by atoms with E-state index in [4.69, 9.17) is 4.74 Å². The number of methoxy groups -OCH3 is 2. The largest absolute Gasteiger partial charge is 0.466 e. The molecule has 0 aromatic carbocycles. The zero-order valence-corrected chi connectivity index (χ0v) is 14.1. The van der Waals surface area contributed by atoms with Crippen molar-refractivity contribution in [2.24, 2.45) is 0 Å². The van der Waals surface area contributed by atoms with Crippen molar-refractivity contribution in [3.63, 3.8) is 0 Å². The van der Waals surface area contributed by atoms with Crippen LogP contribution in [0.3, 0.4) is 0 Å². The number of hydrogen-bond donors (Lipinski definition) is 1. The van der Waals surface area contributed by atoms with Crippen LogP contribution in [-0.2, 0) is 19.1 Å². The average Bonchev–Trinajstić information content (AvgIpc) is 2.44. The first kappa shape index (κ1) is 18.5. The van der Waals surface area contributed by atoms with Gasteiger partial charge in [0.15, 0.2) is 0 Å². The number of esters is 2. The van der Waals surface area contributed by atoms with Crippen molar-refractivity contribution in [1.29, 1.82) is 0 Å². The maximum absolute atomic E-state index is 11.6. The number of carbonyl (C=O) groups excluding carboxylic acids is 2. The minimum atomic E-state index is -0.380. The second-order valence-electron chi connectivity index (χ2n) is 3.58. The Labute approximate surface area is 127 Å². The zero-order valence-electron chi connectivity index (χ0n) is 11.6. The summed E-state index contributed by atoms with van der Waals surface area (Å²) in [5.41, 5.74) is 1.08. The van der Waals surface area contributed by atoms with Gasteiger partial charge in [0.1, 0.15) is 0 Å². The Morgan fingerprint density at radius 2 is 1.53 bits per heavy atom. The smallest absolute Gasteiger partial charge is 0.335 e.